The van der Waals surface area contributed by atoms with E-state index in [2.05, 4.69) is 0 Å². The van der Waals surface area contributed by atoms with Crippen LogP contribution in [0.25, 0.3) is 0 Å². The maximum atomic E-state index is 13.7. The monoisotopic (exact) mass is 300 g/mol. The van der Waals surface area contributed by atoms with Crippen molar-refractivity contribution in [2.75, 3.05) is 0 Å². The number of allylic oxidation sites excluding steroid dienone is 2. The maximum absolute atomic E-state index is 13.7. The van der Waals surface area contributed by atoms with E-state index in [0.29, 0.717) is 11.1 Å². The molecular formula is C17H17O3P. The molecule has 0 radical (unpaired) electrons. The molecule has 0 bridgehead atoms. The van der Waals surface area contributed by atoms with Gasteiger partial charge in [-0.25, -0.2) is 0 Å². The maximum Gasteiger partial charge on any atom is 0.201 e. The van der Waals surface area contributed by atoms with Crippen LogP contribution in [0.4, 0.5) is 0 Å². The lowest BCUT2D eigenvalue weighted by atomic mass is 10.1. The van der Waals surface area contributed by atoms with Gasteiger partial charge >= 0.3 is 0 Å². The first-order valence-electron chi connectivity index (χ1n) is 6.78. The molecule has 2 unspecified atom stereocenters. The predicted octanol–water partition coefficient (Wildman–Crippen LogP) is 3.98. The van der Waals surface area contributed by atoms with Gasteiger partial charge in [-0.3, -0.25) is 0 Å². The highest BCUT2D eigenvalue weighted by Gasteiger charge is 2.50. The third kappa shape index (κ3) is 2.05. The van der Waals surface area contributed by atoms with Gasteiger partial charge in [-0.15, -0.1) is 0 Å². The average molecular weight is 300 g/mol. The summed E-state index contributed by atoms with van der Waals surface area (Å²) < 4.78 is 19.1. The second-order valence-electron chi connectivity index (χ2n) is 5.34. The van der Waals surface area contributed by atoms with E-state index in [0.717, 1.165) is 11.1 Å². The van der Waals surface area contributed by atoms with Crippen LogP contribution in [0.3, 0.4) is 0 Å². The molecule has 0 amide bonds. The Morgan fingerprint density at radius 3 is 2.38 bits per heavy atom. The summed E-state index contributed by atoms with van der Waals surface area (Å²) in [7, 11) is -3.25. The summed E-state index contributed by atoms with van der Waals surface area (Å²) in [5, 5.41) is 10.2. The Hall–Kier alpha value is -1.83. The van der Waals surface area contributed by atoms with E-state index in [1.54, 1.807) is 36.2 Å². The molecule has 1 N–H and O–H groups in total. The molecule has 108 valence electrons. The van der Waals surface area contributed by atoms with Gasteiger partial charge in [0.05, 0.1) is 6.26 Å². The highest BCUT2D eigenvalue weighted by Crippen LogP contribution is 2.66. The fraction of sp³-hybridized carbons (Fsp3) is 0.176. The highest BCUT2D eigenvalue weighted by molar-refractivity contribution is 7.75. The van der Waals surface area contributed by atoms with Gasteiger partial charge in [-0.05, 0) is 49.0 Å². The Labute approximate surface area is 124 Å². The zero-order valence-corrected chi connectivity index (χ0v) is 12.9. The van der Waals surface area contributed by atoms with E-state index in [-0.39, 0.29) is 0 Å². The Morgan fingerprint density at radius 2 is 1.76 bits per heavy atom. The number of rotatable bonds is 2. The minimum atomic E-state index is -3.25. The molecule has 0 saturated carbocycles. The number of furan rings is 1. The summed E-state index contributed by atoms with van der Waals surface area (Å²) in [6.07, 6.45) is 3.13. The van der Waals surface area contributed by atoms with Crippen LogP contribution in [-0.4, -0.2) is 5.11 Å². The van der Waals surface area contributed by atoms with Crippen molar-refractivity contribution < 1.29 is 14.1 Å². The number of benzene rings is 1. The van der Waals surface area contributed by atoms with Gasteiger partial charge in [-0.1, -0.05) is 30.3 Å². The molecule has 1 aliphatic rings. The number of aliphatic hydroxyl groups is 1. The largest absolute Gasteiger partial charge is 0.465 e. The first-order chi connectivity index (χ1) is 9.97. The standard InChI is InChI=1S/C17H17O3P/c1-13-11-17(18,16-9-6-10-20-16)21(19,12-14(13)2)15-7-4-3-5-8-15/h3-12,18H,1-2H3. The molecule has 0 fully saturated rings. The normalized spacial score (nSPS) is 28.9. The Kier molecular flexibility index (Phi) is 3.27. The lowest BCUT2D eigenvalue weighted by Crippen LogP contribution is -2.29. The predicted molar refractivity (Wildman–Crippen MR) is 83.8 cm³/mol. The van der Waals surface area contributed by atoms with E-state index >= 15 is 0 Å². The molecular weight excluding hydrogens is 283 g/mol. The van der Waals surface area contributed by atoms with Crippen molar-refractivity contribution in [3.8, 4) is 0 Å². The van der Waals surface area contributed by atoms with Crippen molar-refractivity contribution in [1.82, 2.24) is 0 Å². The summed E-state index contributed by atoms with van der Waals surface area (Å²) in [6, 6.07) is 12.4. The van der Waals surface area contributed by atoms with Crippen LogP contribution in [0.15, 0.2) is 76.2 Å². The fourth-order valence-electron chi connectivity index (χ4n) is 2.63. The molecule has 1 aromatic carbocycles. The quantitative estimate of drug-likeness (QED) is 0.854. The Balaban J connectivity index is 2.28. The van der Waals surface area contributed by atoms with Gasteiger partial charge in [0, 0.05) is 5.30 Å². The van der Waals surface area contributed by atoms with Gasteiger partial charge in [0.1, 0.15) is 5.76 Å². The Morgan fingerprint density at radius 1 is 1.05 bits per heavy atom. The molecule has 3 rings (SSSR count). The molecule has 0 saturated heterocycles. The highest BCUT2D eigenvalue weighted by atomic mass is 31.2. The molecule has 0 spiro atoms. The lowest BCUT2D eigenvalue weighted by Gasteiger charge is -2.34. The van der Waals surface area contributed by atoms with Gasteiger partial charge in [0.25, 0.3) is 0 Å². The van der Waals surface area contributed by atoms with E-state index in [1.807, 2.05) is 32.0 Å². The zero-order valence-electron chi connectivity index (χ0n) is 12.0. The smallest absolute Gasteiger partial charge is 0.201 e. The zero-order chi connectivity index (χ0) is 15.1. The summed E-state index contributed by atoms with van der Waals surface area (Å²) in [6.45, 7) is 3.80. The van der Waals surface area contributed by atoms with Crippen molar-refractivity contribution in [3.63, 3.8) is 0 Å². The molecule has 1 aliphatic heterocycles. The lowest BCUT2D eigenvalue weighted by molar-refractivity contribution is 0.146. The Bertz CT molecular complexity index is 757. The van der Waals surface area contributed by atoms with E-state index < -0.39 is 12.5 Å². The fourth-order valence-corrected chi connectivity index (χ4v) is 5.57. The molecule has 21 heavy (non-hydrogen) atoms. The second kappa shape index (κ2) is 4.87. The van der Waals surface area contributed by atoms with Crippen LogP contribution >= 0.6 is 7.14 Å². The number of hydrogen-bond donors (Lipinski definition) is 1. The summed E-state index contributed by atoms with van der Waals surface area (Å²) in [4.78, 5) is 0. The molecule has 2 aromatic rings. The third-order valence-corrected chi connectivity index (χ3v) is 7.12. The first kappa shape index (κ1) is 14.1. The van der Waals surface area contributed by atoms with Crippen LogP contribution in [0, 0.1) is 0 Å². The van der Waals surface area contributed by atoms with Crippen molar-refractivity contribution in [2.24, 2.45) is 0 Å². The SMILES string of the molecule is CC1=CC(O)(c2ccco2)P(=O)(c2ccccc2)C=C1C. The van der Waals surface area contributed by atoms with Crippen molar-refractivity contribution in [3.05, 3.63) is 77.5 Å². The number of hydrogen-bond acceptors (Lipinski definition) is 3. The van der Waals surface area contributed by atoms with Crippen LogP contribution in [0.2, 0.25) is 0 Å². The van der Waals surface area contributed by atoms with Crippen LogP contribution < -0.4 is 5.30 Å². The van der Waals surface area contributed by atoms with Crippen LogP contribution in [-0.2, 0) is 9.91 Å². The van der Waals surface area contributed by atoms with E-state index in [9.17, 15) is 9.67 Å². The molecule has 2 heterocycles. The minimum Gasteiger partial charge on any atom is -0.465 e. The first-order valence-corrected chi connectivity index (χ1v) is 8.56. The van der Waals surface area contributed by atoms with Gasteiger partial charge < -0.3 is 14.1 Å². The molecule has 0 aliphatic carbocycles. The molecule has 3 nitrogen and oxygen atoms in total. The van der Waals surface area contributed by atoms with Crippen molar-refractivity contribution >= 4 is 12.4 Å². The third-order valence-electron chi connectivity index (χ3n) is 3.95. The molecule has 2 atom stereocenters. The van der Waals surface area contributed by atoms with Gasteiger partial charge in [-0.2, -0.15) is 0 Å². The van der Waals surface area contributed by atoms with E-state index in [1.165, 1.54) is 6.26 Å². The minimum absolute atomic E-state index is 0.304. The average Bonchev–Trinajstić information content (AvgIpc) is 3.01. The topological polar surface area (TPSA) is 50.4 Å². The molecule has 4 heteroatoms. The summed E-state index contributed by atoms with van der Waals surface area (Å²) >= 11 is 0. The van der Waals surface area contributed by atoms with Gasteiger partial charge in [0.15, 0.2) is 7.14 Å². The van der Waals surface area contributed by atoms with Crippen LogP contribution in [0.5, 0.6) is 0 Å². The summed E-state index contributed by atoms with van der Waals surface area (Å²) in [5.74, 6) is 2.00. The summed E-state index contributed by atoms with van der Waals surface area (Å²) in [5.41, 5.74) is 1.81. The van der Waals surface area contributed by atoms with E-state index in [4.69, 9.17) is 4.42 Å². The second-order valence-corrected chi connectivity index (χ2v) is 8.11. The molecule has 1 aromatic heterocycles. The van der Waals surface area contributed by atoms with Gasteiger partial charge in [0.2, 0.25) is 5.34 Å². The van der Waals surface area contributed by atoms with Crippen molar-refractivity contribution in [1.29, 1.82) is 0 Å². The van der Waals surface area contributed by atoms with Crippen LogP contribution in [0.1, 0.15) is 19.6 Å². The van der Waals surface area contributed by atoms with Crippen molar-refractivity contribution in [2.45, 2.75) is 19.2 Å².